The fourth-order valence-electron chi connectivity index (χ4n) is 5.26. The highest BCUT2D eigenvalue weighted by molar-refractivity contribution is 7.91. The van der Waals surface area contributed by atoms with Crippen molar-refractivity contribution in [3.63, 3.8) is 0 Å². The number of fused-ring (bicyclic) bond motifs is 2. The van der Waals surface area contributed by atoms with Gasteiger partial charge in [0.05, 0.1) is 12.4 Å². The molecule has 3 atom stereocenters. The number of nitrogens with two attached hydrogens (primary N) is 2. The van der Waals surface area contributed by atoms with Crippen LogP contribution in [-0.4, -0.2) is 70.3 Å². The van der Waals surface area contributed by atoms with Gasteiger partial charge in [-0.25, -0.2) is 23.5 Å². The van der Waals surface area contributed by atoms with Crippen LogP contribution in [0.1, 0.15) is 12.0 Å². The molecule has 4 aromatic heterocycles. The quantitative estimate of drug-likeness (QED) is 0.262. The molecule has 196 valence electrons. The molecule has 4 aromatic rings. The summed E-state index contributed by atoms with van der Waals surface area (Å²) in [6, 6.07) is 3.92. The number of hydrogen-bond acceptors (Lipinski definition) is 10. The van der Waals surface area contributed by atoms with Crippen LogP contribution in [0.15, 0.2) is 34.9 Å². The minimum absolute atomic E-state index is 0.226. The summed E-state index contributed by atoms with van der Waals surface area (Å²) in [6.07, 6.45) is 6.66. The molecule has 2 fully saturated rings. The van der Waals surface area contributed by atoms with E-state index >= 15 is 0 Å². The van der Waals surface area contributed by atoms with Crippen LogP contribution < -0.4 is 21.5 Å². The fourth-order valence-corrected chi connectivity index (χ4v) is 8.02. The zero-order valence-electron chi connectivity index (χ0n) is 21.1. The second-order valence-corrected chi connectivity index (χ2v) is 13.4. The van der Waals surface area contributed by atoms with E-state index in [1.807, 2.05) is 19.3 Å². The number of aryl methyl sites for hydroxylation is 2. The Labute approximate surface area is 219 Å². The predicted octanol–water partition coefficient (Wildman–Crippen LogP) is 1.55. The van der Waals surface area contributed by atoms with E-state index in [2.05, 4.69) is 15.1 Å². The average molecular weight is 543 g/mol. The average Bonchev–Trinajstić information content (AvgIpc) is 3.27. The van der Waals surface area contributed by atoms with Crippen LogP contribution in [-0.2, 0) is 17.1 Å². The zero-order valence-corrected chi connectivity index (χ0v) is 22.7. The SMILES string of the molecule is Cc1cc(N(N)c2cc(N3C[C@@H]4CC4[C@H]3CN)nc3c(-c4cnn(C)c4)cnn23)sc1S(=O)(=O)N(C)C. The minimum atomic E-state index is -3.60. The molecule has 6 rings (SSSR count). The van der Waals surface area contributed by atoms with E-state index in [-0.39, 0.29) is 10.3 Å². The van der Waals surface area contributed by atoms with E-state index in [0.717, 1.165) is 34.8 Å². The molecule has 1 aliphatic heterocycles. The van der Waals surface area contributed by atoms with Gasteiger partial charge in [-0.2, -0.15) is 14.7 Å². The summed E-state index contributed by atoms with van der Waals surface area (Å²) >= 11 is 1.13. The molecule has 5 heterocycles. The number of thiophene rings is 1. The van der Waals surface area contributed by atoms with Crippen LogP contribution in [0, 0.1) is 18.8 Å². The van der Waals surface area contributed by atoms with Gasteiger partial charge in [-0.3, -0.25) is 9.69 Å². The third-order valence-corrected chi connectivity index (χ3v) is 11.0. The van der Waals surface area contributed by atoms with Crippen molar-refractivity contribution in [2.75, 3.05) is 37.1 Å². The van der Waals surface area contributed by atoms with Crippen molar-refractivity contribution in [3.8, 4) is 11.1 Å². The molecule has 4 N–H and O–H groups in total. The van der Waals surface area contributed by atoms with Crippen molar-refractivity contribution in [2.24, 2.45) is 30.5 Å². The largest absolute Gasteiger partial charge is 0.352 e. The van der Waals surface area contributed by atoms with Crippen molar-refractivity contribution in [3.05, 3.63) is 36.3 Å². The Morgan fingerprint density at radius 2 is 2.00 bits per heavy atom. The molecule has 14 heteroatoms. The molecule has 12 nitrogen and oxygen atoms in total. The van der Waals surface area contributed by atoms with Crippen LogP contribution in [0.4, 0.5) is 16.6 Å². The number of hydrogen-bond donors (Lipinski definition) is 2. The highest BCUT2D eigenvalue weighted by atomic mass is 32.2. The lowest BCUT2D eigenvalue weighted by atomic mass is 10.2. The molecule has 0 amide bonds. The van der Waals surface area contributed by atoms with Gasteiger partial charge in [0.2, 0.25) is 0 Å². The van der Waals surface area contributed by atoms with E-state index in [1.54, 1.807) is 34.6 Å². The summed E-state index contributed by atoms with van der Waals surface area (Å²) in [5, 5.41) is 11.0. The summed E-state index contributed by atoms with van der Waals surface area (Å²) in [5.41, 5.74) is 9.17. The van der Waals surface area contributed by atoms with Gasteiger partial charge in [0.1, 0.15) is 15.0 Å². The molecule has 0 radical (unpaired) electrons. The maximum Gasteiger partial charge on any atom is 0.252 e. The number of rotatable bonds is 7. The fraction of sp³-hybridized carbons (Fsp3) is 0.435. The van der Waals surface area contributed by atoms with E-state index < -0.39 is 10.0 Å². The van der Waals surface area contributed by atoms with Crippen molar-refractivity contribution in [1.29, 1.82) is 0 Å². The molecule has 37 heavy (non-hydrogen) atoms. The Bertz CT molecular complexity index is 1600. The second-order valence-electron chi connectivity index (χ2n) is 10.00. The number of piperidine rings is 1. The van der Waals surface area contributed by atoms with Gasteiger partial charge in [0.15, 0.2) is 11.5 Å². The first-order chi connectivity index (χ1) is 17.6. The molecule has 1 saturated carbocycles. The van der Waals surface area contributed by atoms with Crippen molar-refractivity contribution >= 4 is 43.6 Å². The molecular weight excluding hydrogens is 512 g/mol. The van der Waals surface area contributed by atoms with Gasteiger partial charge < -0.3 is 10.6 Å². The van der Waals surface area contributed by atoms with E-state index in [4.69, 9.17) is 16.6 Å². The first kappa shape index (κ1) is 24.3. The van der Waals surface area contributed by atoms with Gasteiger partial charge in [0, 0.05) is 63.7 Å². The van der Waals surface area contributed by atoms with Crippen molar-refractivity contribution in [1.82, 2.24) is 28.7 Å². The predicted molar refractivity (Wildman–Crippen MR) is 143 cm³/mol. The number of hydrazine groups is 1. The Morgan fingerprint density at radius 3 is 2.68 bits per heavy atom. The van der Waals surface area contributed by atoms with Gasteiger partial charge in [-0.05, 0) is 36.8 Å². The van der Waals surface area contributed by atoms with Gasteiger partial charge in [-0.15, -0.1) is 11.3 Å². The van der Waals surface area contributed by atoms with Gasteiger partial charge in [-0.1, -0.05) is 0 Å². The topological polar surface area (TPSA) is 144 Å². The third-order valence-electron chi connectivity index (χ3n) is 7.35. The molecule has 0 aromatic carbocycles. The Hall–Kier alpha value is -3.04. The summed E-state index contributed by atoms with van der Waals surface area (Å²) in [5.74, 6) is 9.29. The first-order valence-corrected chi connectivity index (χ1v) is 14.3. The number of sulfonamides is 1. The third kappa shape index (κ3) is 3.82. The van der Waals surface area contributed by atoms with Crippen molar-refractivity contribution < 1.29 is 8.42 Å². The molecule has 2 aliphatic rings. The summed E-state index contributed by atoms with van der Waals surface area (Å²) < 4.78 is 30.6. The van der Waals surface area contributed by atoms with Crippen LogP contribution in [0.25, 0.3) is 16.8 Å². The molecular formula is C23H30N10O2S2. The summed E-state index contributed by atoms with van der Waals surface area (Å²) in [4.78, 5) is 7.31. The Morgan fingerprint density at radius 1 is 1.22 bits per heavy atom. The lowest BCUT2D eigenvalue weighted by Crippen LogP contribution is -2.39. The maximum atomic E-state index is 12.9. The normalized spacial score (nSPS) is 21.3. The maximum absolute atomic E-state index is 12.9. The number of aromatic nitrogens is 5. The van der Waals surface area contributed by atoms with Crippen molar-refractivity contribution in [2.45, 2.75) is 23.6 Å². The molecule has 1 saturated heterocycles. The van der Waals surface area contributed by atoms with Crippen LogP contribution in [0.3, 0.4) is 0 Å². The molecule has 1 unspecified atom stereocenters. The van der Waals surface area contributed by atoms with E-state index in [1.165, 1.54) is 29.8 Å². The minimum Gasteiger partial charge on any atom is -0.352 e. The van der Waals surface area contributed by atoms with Crippen LogP contribution in [0.5, 0.6) is 0 Å². The summed E-state index contributed by atoms with van der Waals surface area (Å²) in [7, 11) is 1.30. The van der Waals surface area contributed by atoms with Crippen LogP contribution in [0.2, 0.25) is 0 Å². The van der Waals surface area contributed by atoms with E-state index in [0.29, 0.717) is 40.4 Å². The standard InChI is InChI=1S/C23H30N10O2S2/c1-13-5-21(36-23(13)37(34,35)29(2)3)32(25)20-7-19(31-12-14-6-16(14)18(31)8-24)28-22-17(10-27-33(20)22)15-9-26-30(4)11-15/h5,7,9-11,14,16,18H,6,8,12,24-25H2,1-4H3/t14-,16?,18+/m0/s1. The summed E-state index contributed by atoms with van der Waals surface area (Å²) in [6.45, 7) is 3.23. The zero-order chi connectivity index (χ0) is 26.2. The lowest BCUT2D eigenvalue weighted by Gasteiger charge is -2.29. The second kappa shape index (κ2) is 8.49. The number of nitrogens with zero attached hydrogens (tertiary/aromatic N) is 8. The van der Waals surface area contributed by atoms with Gasteiger partial charge in [0.25, 0.3) is 10.0 Å². The molecule has 0 spiro atoms. The lowest BCUT2D eigenvalue weighted by molar-refractivity contribution is 0.522. The van der Waals surface area contributed by atoms with E-state index in [9.17, 15) is 8.42 Å². The van der Waals surface area contributed by atoms with Gasteiger partial charge >= 0.3 is 0 Å². The highest BCUT2D eigenvalue weighted by Crippen LogP contribution is 2.50. The molecule has 1 aliphatic carbocycles. The first-order valence-electron chi connectivity index (χ1n) is 12.0. The monoisotopic (exact) mass is 542 g/mol. The van der Waals surface area contributed by atoms with Crippen LogP contribution >= 0.6 is 11.3 Å². The Kier molecular flexibility index (Phi) is 5.58. The highest BCUT2D eigenvalue weighted by Gasteiger charge is 2.52. The smallest absolute Gasteiger partial charge is 0.252 e. The Balaban J connectivity index is 1.50. The number of anilines is 3. The molecule has 0 bridgehead atoms.